The minimum absolute atomic E-state index is 0.0646. The maximum Gasteiger partial charge on any atom is 0.253 e. The van der Waals surface area contributed by atoms with Gasteiger partial charge in [-0.2, -0.15) is 5.10 Å². The Hall–Kier alpha value is -5.14. The quantitative estimate of drug-likeness (QED) is 0.155. The van der Waals surface area contributed by atoms with E-state index >= 15 is 0 Å². The molecular weight excluding hydrogens is 649 g/mol. The summed E-state index contributed by atoms with van der Waals surface area (Å²) in [5, 5.41) is 20.7. The number of rotatable bonds is 13. The Morgan fingerprint density at radius 1 is 0.917 bits per heavy atom. The maximum atomic E-state index is 14.0. The molecule has 0 fully saturated rings. The van der Waals surface area contributed by atoms with Gasteiger partial charge in [-0.1, -0.05) is 60.3 Å². The standard InChI is InChI=1S/C35H34N6O5S2/c1-44-25-16-14-24(15-17-25)34(43)36-20-31-37-38-35(40(31)21-23-9-5-4-6-10-23)48-22-32(42)41-28(19-27(39-41)30-13-8-18-47-30)26-11-7-12-29(45-2)33(26)46-3/h4-18,28H,19-22H2,1-3H3,(H,36,43)/t28-/m1/s1. The zero-order valence-corrected chi connectivity index (χ0v) is 28.3. The average Bonchev–Trinajstić information content (AvgIpc) is 3.90. The van der Waals surface area contributed by atoms with Crippen molar-refractivity contribution in [3.05, 3.63) is 118 Å². The second-order valence-electron chi connectivity index (χ2n) is 10.7. The molecule has 1 atom stereocenters. The fraction of sp³-hybridized carbons (Fsp3) is 0.229. The number of thiophene rings is 1. The van der Waals surface area contributed by atoms with E-state index in [4.69, 9.17) is 19.3 Å². The molecule has 2 amide bonds. The zero-order valence-electron chi connectivity index (χ0n) is 26.7. The predicted octanol–water partition coefficient (Wildman–Crippen LogP) is 5.81. The van der Waals surface area contributed by atoms with Gasteiger partial charge in [-0.15, -0.1) is 21.5 Å². The molecule has 13 heteroatoms. The van der Waals surface area contributed by atoms with Crippen LogP contribution in [0.15, 0.2) is 101 Å². The molecule has 0 unspecified atom stereocenters. The lowest BCUT2D eigenvalue weighted by Gasteiger charge is -2.24. The van der Waals surface area contributed by atoms with E-state index in [-0.39, 0.29) is 30.2 Å². The number of amides is 2. The number of aromatic nitrogens is 3. The van der Waals surface area contributed by atoms with Crippen LogP contribution in [-0.4, -0.2) is 64.4 Å². The number of nitrogens with one attached hydrogen (secondary N) is 1. The molecule has 6 rings (SSSR count). The van der Waals surface area contributed by atoms with Crippen molar-refractivity contribution >= 4 is 40.6 Å². The molecule has 48 heavy (non-hydrogen) atoms. The van der Waals surface area contributed by atoms with Gasteiger partial charge in [-0.3, -0.25) is 9.59 Å². The Labute approximate surface area is 286 Å². The highest BCUT2D eigenvalue weighted by Crippen LogP contribution is 2.42. The highest BCUT2D eigenvalue weighted by molar-refractivity contribution is 7.99. The first-order chi connectivity index (χ1) is 23.5. The summed E-state index contributed by atoms with van der Waals surface area (Å²) in [5.74, 6) is 2.02. The van der Waals surface area contributed by atoms with E-state index in [1.54, 1.807) is 61.9 Å². The van der Waals surface area contributed by atoms with E-state index in [0.717, 1.165) is 21.7 Å². The molecule has 0 saturated carbocycles. The van der Waals surface area contributed by atoms with Gasteiger partial charge >= 0.3 is 0 Å². The summed E-state index contributed by atoms with van der Waals surface area (Å²) in [6, 6.07) is 26.0. The number of para-hydroxylation sites is 1. The van der Waals surface area contributed by atoms with Gasteiger partial charge in [0.2, 0.25) is 0 Å². The van der Waals surface area contributed by atoms with Gasteiger partial charge in [0, 0.05) is 17.5 Å². The van der Waals surface area contributed by atoms with Gasteiger partial charge in [0.05, 0.1) is 56.8 Å². The van der Waals surface area contributed by atoms with Crippen LogP contribution in [0, 0.1) is 0 Å². The van der Waals surface area contributed by atoms with Crippen LogP contribution in [0.25, 0.3) is 0 Å². The fourth-order valence-electron chi connectivity index (χ4n) is 5.43. The summed E-state index contributed by atoms with van der Waals surface area (Å²) in [7, 11) is 4.76. The Morgan fingerprint density at radius 3 is 2.44 bits per heavy atom. The number of methoxy groups -OCH3 is 3. The Kier molecular flexibility index (Phi) is 10.4. The third-order valence-electron chi connectivity index (χ3n) is 7.82. The molecule has 3 heterocycles. The summed E-state index contributed by atoms with van der Waals surface area (Å²) in [6.45, 7) is 0.615. The van der Waals surface area contributed by atoms with Crippen molar-refractivity contribution in [1.82, 2.24) is 25.1 Å². The van der Waals surface area contributed by atoms with E-state index in [0.29, 0.717) is 46.8 Å². The molecule has 1 N–H and O–H groups in total. The second kappa shape index (κ2) is 15.2. The number of ether oxygens (including phenoxy) is 3. The molecule has 1 aliphatic heterocycles. The van der Waals surface area contributed by atoms with Crippen LogP contribution in [0.4, 0.5) is 0 Å². The van der Waals surface area contributed by atoms with E-state index < -0.39 is 0 Å². The third-order valence-corrected chi connectivity index (χ3v) is 9.70. The monoisotopic (exact) mass is 682 g/mol. The fourth-order valence-corrected chi connectivity index (χ4v) is 6.96. The van der Waals surface area contributed by atoms with Crippen molar-refractivity contribution in [3.63, 3.8) is 0 Å². The summed E-state index contributed by atoms with van der Waals surface area (Å²) < 4.78 is 18.4. The molecule has 0 aliphatic carbocycles. The predicted molar refractivity (Wildman–Crippen MR) is 185 cm³/mol. The summed E-state index contributed by atoms with van der Waals surface area (Å²) >= 11 is 2.86. The molecule has 3 aromatic carbocycles. The van der Waals surface area contributed by atoms with Crippen LogP contribution in [0.1, 0.15) is 44.6 Å². The molecule has 0 spiro atoms. The van der Waals surface area contributed by atoms with Gasteiger partial charge in [-0.25, -0.2) is 5.01 Å². The number of benzene rings is 3. The molecule has 0 saturated heterocycles. The highest BCUT2D eigenvalue weighted by Gasteiger charge is 2.36. The van der Waals surface area contributed by atoms with Gasteiger partial charge in [-0.05, 0) is 47.3 Å². The largest absolute Gasteiger partial charge is 0.497 e. The van der Waals surface area contributed by atoms with Crippen molar-refractivity contribution in [2.24, 2.45) is 5.10 Å². The zero-order chi connectivity index (χ0) is 33.5. The van der Waals surface area contributed by atoms with Gasteiger partial charge < -0.3 is 24.1 Å². The van der Waals surface area contributed by atoms with E-state index in [1.807, 2.05) is 70.6 Å². The topological polar surface area (TPSA) is 120 Å². The smallest absolute Gasteiger partial charge is 0.253 e. The second-order valence-corrected chi connectivity index (χ2v) is 12.6. The van der Waals surface area contributed by atoms with Crippen LogP contribution in [0.2, 0.25) is 0 Å². The van der Waals surface area contributed by atoms with Crippen molar-refractivity contribution in [2.45, 2.75) is 30.7 Å². The number of hydrazone groups is 1. The van der Waals surface area contributed by atoms with Crippen LogP contribution in [0.3, 0.4) is 0 Å². The number of thioether (sulfide) groups is 1. The van der Waals surface area contributed by atoms with Gasteiger partial charge in [0.1, 0.15) is 5.75 Å². The summed E-state index contributed by atoms with van der Waals surface area (Å²) in [6.07, 6.45) is 0.530. The lowest BCUT2D eigenvalue weighted by Crippen LogP contribution is -2.29. The maximum absolute atomic E-state index is 14.0. The van der Waals surface area contributed by atoms with Crippen molar-refractivity contribution in [3.8, 4) is 17.2 Å². The Bertz CT molecular complexity index is 1890. The SMILES string of the molecule is COc1ccc(C(=O)NCc2nnc(SCC(=O)N3N=C(c4cccs4)C[C@@H]3c3cccc(OC)c3OC)n2Cc2ccccc2)cc1. The Balaban J connectivity index is 1.23. The minimum atomic E-state index is -0.383. The number of carbonyl (C=O) groups excluding carboxylic acids is 2. The molecule has 246 valence electrons. The average molecular weight is 683 g/mol. The molecule has 2 aromatic heterocycles. The van der Waals surface area contributed by atoms with Crippen molar-refractivity contribution in [2.75, 3.05) is 27.1 Å². The lowest BCUT2D eigenvalue weighted by molar-refractivity contribution is -0.130. The molecule has 0 radical (unpaired) electrons. The Morgan fingerprint density at radius 2 is 1.73 bits per heavy atom. The highest BCUT2D eigenvalue weighted by atomic mass is 32.2. The first kappa shape index (κ1) is 32.8. The molecule has 0 bridgehead atoms. The van der Waals surface area contributed by atoms with Crippen molar-refractivity contribution < 1.29 is 23.8 Å². The van der Waals surface area contributed by atoms with E-state index in [2.05, 4.69) is 15.5 Å². The van der Waals surface area contributed by atoms with Gasteiger partial charge in [0.25, 0.3) is 11.8 Å². The number of nitrogens with zero attached hydrogens (tertiary/aromatic N) is 5. The summed E-state index contributed by atoms with van der Waals surface area (Å²) in [5.41, 5.74) is 3.18. The number of carbonyl (C=O) groups is 2. The molecular formula is C35H34N6O5S2. The molecule has 5 aromatic rings. The van der Waals surface area contributed by atoms with Crippen LogP contribution < -0.4 is 19.5 Å². The molecule has 1 aliphatic rings. The first-order valence-corrected chi connectivity index (χ1v) is 17.0. The number of hydrogen-bond acceptors (Lipinski definition) is 10. The number of hydrogen-bond donors (Lipinski definition) is 1. The normalized spacial score (nSPS) is 14.0. The van der Waals surface area contributed by atoms with E-state index in [1.165, 1.54) is 11.8 Å². The third kappa shape index (κ3) is 7.21. The van der Waals surface area contributed by atoms with Crippen LogP contribution in [-0.2, 0) is 17.9 Å². The van der Waals surface area contributed by atoms with Gasteiger partial charge in [0.15, 0.2) is 22.5 Å². The lowest BCUT2D eigenvalue weighted by atomic mass is 9.99. The van der Waals surface area contributed by atoms with Crippen LogP contribution in [0.5, 0.6) is 17.2 Å². The molecule has 11 nitrogen and oxygen atoms in total. The minimum Gasteiger partial charge on any atom is -0.497 e. The van der Waals surface area contributed by atoms with Crippen molar-refractivity contribution in [1.29, 1.82) is 0 Å². The summed E-state index contributed by atoms with van der Waals surface area (Å²) in [4.78, 5) is 27.9. The first-order valence-electron chi connectivity index (χ1n) is 15.1. The van der Waals surface area contributed by atoms with E-state index in [9.17, 15) is 9.59 Å². The van der Waals surface area contributed by atoms with Crippen LogP contribution >= 0.6 is 23.1 Å².